The number of carbonyl (C=O) groups excluding carboxylic acids is 1. The second-order valence-electron chi connectivity index (χ2n) is 2.27. The molecule has 0 spiro atoms. The number of hydrogen-bond acceptors (Lipinski definition) is 3. The number of cyclic esters (lactones) is 2. The van der Waals surface area contributed by atoms with Gasteiger partial charge in [-0.05, 0) is 6.92 Å². The van der Waals surface area contributed by atoms with Crippen LogP contribution in [0.4, 0.5) is 18.0 Å². The molecule has 2 unspecified atom stereocenters. The number of carbonyl (C=O) groups is 1. The molecule has 0 radical (unpaired) electrons. The van der Waals surface area contributed by atoms with E-state index >= 15 is 0 Å². The summed E-state index contributed by atoms with van der Waals surface area (Å²) in [4.78, 5) is 10.2. The van der Waals surface area contributed by atoms with E-state index in [1.807, 2.05) is 0 Å². The minimum absolute atomic E-state index is 0.771. The van der Waals surface area contributed by atoms with Crippen molar-refractivity contribution in [1.29, 1.82) is 0 Å². The molecule has 0 amide bonds. The van der Waals surface area contributed by atoms with Gasteiger partial charge < -0.3 is 9.47 Å². The third-order valence-electron chi connectivity index (χ3n) is 1.39. The van der Waals surface area contributed by atoms with E-state index in [1.54, 1.807) is 0 Å². The van der Waals surface area contributed by atoms with Crippen molar-refractivity contribution in [2.75, 3.05) is 0 Å². The Morgan fingerprint density at radius 3 is 2.36 bits per heavy atom. The molecule has 3 nitrogen and oxygen atoms in total. The first kappa shape index (κ1) is 8.16. The van der Waals surface area contributed by atoms with E-state index in [0.717, 1.165) is 6.92 Å². The second-order valence-corrected chi connectivity index (χ2v) is 2.27. The van der Waals surface area contributed by atoms with Crippen molar-refractivity contribution in [3.63, 3.8) is 0 Å². The molecule has 0 aromatic rings. The Hall–Kier alpha value is -0.940. The fraction of sp³-hybridized carbons (Fsp3) is 0.800. The van der Waals surface area contributed by atoms with Crippen LogP contribution in [0.1, 0.15) is 6.92 Å². The molecule has 1 saturated heterocycles. The standard InChI is InChI=1S/C5H5F3O3/c1-5(2(6)7)3(8)10-4(9)11-5/h2-3H,1H3. The lowest BCUT2D eigenvalue weighted by Gasteiger charge is -2.19. The van der Waals surface area contributed by atoms with Crippen LogP contribution in [0.25, 0.3) is 0 Å². The fourth-order valence-corrected chi connectivity index (χ4v) is 0.595. The van der Waals surface area contributed by atoms with E-state index in [4.69, 9.17) is 0 Å². The molecule has 0 aromatic heterocycles. The van der Waals surface area contributed by atoms with Gasteiger partial charge in [-0.15, -0.1) is 0 Å². The predicted molar refractivity (Wildman–Crippen MR) is 26.9 cm³/mol. The van der Waals surface area contributed by atoms with Crippen LogP contribution in [-0.2, 0) is 9.47 Å². The summed E-state index contributed by atoms with van der Waals surface area (Å²) in [5.41, 5.74) is -2.45. The molecule has 2 atom stereocenters. The van der Waals surface area contributed by atoms with Crippen LogP contribution in [-0.4, -0.2) is 24.5 Å². The summed E-state index contributed by atoms with van der Waals surface area (Å²) in [6, 6.07) is 0. The molecule has 6 heteroatoms. The maximum Gasteiger partial charge on any atom is 0.511 e. The molecule has 1 fully saturated rings. The Morgan fingerprint density at radius 2 is 2.18 bits per heavy atom. The zero-order valence-corrected chi connectivity index (χ0v) is 5.51. The minimum atomic E-state index is -3.09. The summed E-state index contributed by atoms with van der Waals surface area (Å²) >= 11 is 0. The zero-order chi connectivity index (χ0) is 8.65. The first-order chi connectivity index (χ1) is 4.97. The van der Waals surface area contributed by atoms with Crippen LogP contribution >= 0.6 is 0 Å². The molecule has 1 aliphatic rings. The van der Waals surface area contributed by atoms with Gasteiger partial charge in [-0.3, -0.25) is 0 Å². The van der Waals surface area contributed by atoms with Gasteiger partial charge in [0.05, 0.1) is 0 Å². The van der Waals surface area contributed by atoms with Crippen LogP contribution in [0.3, 0.4) is 0 Å². The van der Waals surface area contributed by atoms with Gasteiger partial charge in [0.25, 0.3) is 12.8 Å². The number of halogens is 3. The predicted octanol–water partition coefficient (Wildman–Crippen LogP) is 1.47. The molecular weight excluding hydrogens is 165 g/mol. The van der Waals surface area contributed by atoms with Crippen LogP contribution < -0.4 is 0 Å². The number of ether oxygens (including phenoxy) is 2. The molecule has 1 rings (SSSR count). The van der Waals surface area contributed by atoms with Gasteiger partial charge in [0, 0.05) is 0 Å². The molecular formula is C5H5F3O3. The molecule has 1 aliphatic heterocycles. The maximum atomic E-state index is 12.4. The summed E-state index contributed by atoms with van der Waals surface area (Å²) < 4.78 is 44.0. The number of rotatable bonds is 1. The van der Waals surface area contributed by atoms with Gasteiger partial charge >= 0.3 is 6.16 Å². The summed E-state index contributed by atoms with van der Waals surface area (Å²) in [6.07, 6.45) is -6.89. The lowest BCUT2D eigenvalue weighted by atomic mass is 10.1. The maximum absolute atomic E-state index is 12.4. The summed E-state index contributed by atoms with van der Waals surface area (Å²) in [7, 11) is 0. The normalized spacial score (nSPS) is 37.2. The van der Waals surface area contributed by atoms with E-state index in [0.29, 0.717) is 0 Å². The highest BCUT2D eigenvalue weighted by Crippen LogP contribution is 2.33. The summed E-state index contributed by atoms with van der Waals surface area (Å²) in [5, 5.41) is 0. The Kier molecular flexibility index (Phi) is 1.69. The summed E-state index contributed by atoms with van der Waals surface area (Å²) in [6.45, 7) is 0.771. The quantitative estimate of drug-likeness (QED) is 0.559. The van der Waals surface area contributed by atoms with Crippen molar-refractivity contribution in [3.8, 4) is 0 Å². The average molecular weight is 170 g/mol. The molecule has 0 bridgehead atoms. The van der Waals surface area contributed by atoms with Gasteiger partial charge in [-0.2, -0.15) is 4.39 Å². The second kappa shape index (κ2) is 2.28. The lowest BCUT2D eigenvalue weighted by Crippen LogP contribution is -2.41. The molecule has 1 heterocycles. The SMILES string of the molecule is CC1(C(F)F)OC(=O)OC1F. The average Bonchev–Trinajstić information content (AvgIpc) is 2.08. The van der Waals surface area contributed by atoms with Crippen molar-refractivity contribution in [2.45, 2.75) is 25.3 Å². The van der Waals surface area contributed by atoms with Crippen LogP contribution in [0, 0.1) is 0 Å². The first-order valence-corrected chi connectivity index (χ1v) is 2.78. The minimum Gasteiger partial charge on any atom is -0.415 e. The molecule has 0 aromatic carbocycles. The van der Waals surface area contributed by atoms with Crippen LogP contribution in [0.15, 0.2) is 0 Å². The largest absolute Gasteiger partial charge is 0.511 e. The van der Waals surface area contributed by atoms with Crippen molar-refractivity contribution >= 4 is 6.16 Å². The van der Waals surface area contributed by atoms with Crippen molar-refractivity contribution in [3.05, 3.63) is 0 Å². The van der Waals surface area contributed by atoms with Gasteiger partial charge in [0.15, 0.2) is 0 Å². The molecule has 0 saturated carbocycles. The fourth-order valence-electron chi connectivity index (χ4n) is 0.595. The Bertz CT molecular complexity index is 184. The number of hydrogen-bond donors (Lipinski definition) is 0. The molecule has 0 aliphatic carbocycles. The summed E-state index contributed by atoms with van der Waals surface area (Å²) in [5.74, 6) is 0. The third-order valence-corrected chi connectivity index (χ3v) is 1.39. The van der Waals surface area contributed by atoms with Gasteiger partial charge in [-0.25, -0.2) is 13.6 Å². The van der Waals surface area contributed by atoms with Crippen LogP contribution in [0.2, 0.25) is 0 Å². The highest BCUT2D eigenvalue weighted by molar-refractivity contribution is 5.63. The Labute approximate surface area is 60.1 Å². The third kappa shape index (κ3) is 1.12. The van der Waals surface area contributed by atoms with E-state index < -0.39 is 24.5 Å². The first-order valence-electron chi connectivity index (χ1n) is 2.78. The molecule has 64 valence electrons. The van der Waals surface area contributed by atoms with E-state index in [2.05, 4.69) is 9.47 Å². The molecule has 11 heavy (non-hydrogen) atoms. The van der Waals surface area contributed by atoms with Gasteiger partial charge in [0.2, 0.25) is 5.60 Å². The van der Waals surface area contributed by atoms with Crippen molar-refractivity contribution < 1.29 is 27.4 Å². The van der Waals surface area contributed by atoms with E-state index in [1.165, 1.54) is 0 Å². The van der Waals surface area contributed by atoms with Crippen molar-refractivity contribution in [1.82, 2.24) is 0 Å². The highest BCUT2D eigenvalue weighted by Gasteiger charge is 2.55. The van der Waals surface area contributed by atoms with Crippen molar-refractivity contribution in [2.24, 2.45) is 0 Å². The van der Waals surface area contributed by atoms with Gasteiger partial charge in [0.1, 0.15) is 0 Å². The van der Waals surface area contributed by atoms with E-state index in [9.17, 15) is 18.0 Å². The Morgan fingerprint density at radius 1 is 1.64 bits per heavy atom. The number of alkyl halides is 3. The smallest absolute Gasteiger partial charge is 0.415 e. The Balaban J connectivity index is 2.78. The van der Waals surface area contributed by atoms with E-state index in [-0.39, 0.29) is 0 Å². The highest BCUT2D eigenvalue weighted by atomic mass is 19.3. The monoisotopic (exact) mass is 170 g/mol. The van der Waals surface area contributed by atoms with Gasteiger partial charge in [-0.1, -0.05) is 0 Å². The molecule has 0 N–H and O–H groups in total. The topological polar surface area (TPSA) is 35.5 Å². The zero-order valence-electron chi connectivity index (χ0n) is 5.51. The van der Waals surface area contributed by atoms with Crippen LogP contribution in [0.5, 0.6) is 0 Å². The lowest BCUT2D eigenvalue weighted by molar-refractivity contribution is -0.122.